The monoisotopic (exact) mass is 269 g/mol. The molecular weight excluding hydrogens is 254 g/mol. The normalized spacial score (nSPS) is 10.9. The summed E-state index contributed by atoms with van der Waals surface area (Å²) in [4.78, 5) is 15.6. The topological polar surface area (TPSA) is 59.9 Å². The summed E-state index contributed by atoms with van der Waals surface area (Å²) in [7, 11) is 3.20. The molecule has 0 aliphatic heterocycles. The molecule has 2 heterocycles. The number of H-pyrrole nitrogens is 1. The lowest BCUT2D eigenvalue weighted by Crippen LogP contribution is -2.23. The minimum Gasteiger partial charge on any atom is -0.494 e. The average Bonchev–Trinajstić information content (AvgIpc) is 2.86. The molecule has 0 unspecified atom stereocenters. The molecule has 102 valence electrons. The Morgan fingerprint density at radius 3 is 2.80 bits per heavy atom. The van der Waals surface area contributed by atoms with E-state index in [0.717, 1.165) is 16.5 Å². The van der Waals surface area contributed by atoms with Crippen LogP contribution >= 0.6 is 0 Å². The van der Waals surface area contributed by atoms with Crippen molar-refractivity contribution >= 4 is 10.9 Å². The number of hydrogen-bond acceptors (Lipinski definition) is 3. The fraction of sp³-hybridized carbons (Fsp3) is 0.200. The molecule has 1 aromatic carbocycles. The highest BCUT2D eigenvalue weighted by Crippen LogP contribution is 2.33. The Bertz CT molecular complexity index is 846. The molecule has 0 saturated carbocycles. The number of aryl methyl sites for hydroxylation is 2. The molecule has 1 N–H and O–H groups in total. The smallest absolute Gasteiger partial charge is 0.278 e. The predicted octanol–water partition coefficient (Wildman–Crippen LogP) is 2.25. The van der Waals surface area contributed by atoms with E-state index in [1.807, 2.05) is 37.4 Å². The van der Waals surface area contributed by atoms with Crippen LogP contribution in [0.15, 0.2) is 35.3 Å². The number of para-hydroxylation sites is 1. The minimum atomic E-state index is -0.169. The van der Waals surface area contributed by atoms with Gasteiger partial charge in [0.15, 0.2) is 5.75 Å². The van der Waals surface area contributed by atoms with Crippen molar-refractivity contribution in [1.82, 2.24) is 14.8 Å². The van der Waals surface area contributed by atoms with E-state index in [4.69, 9.17) is 4.74 Å². The molecule has 3 rings (SSSR count). The minimum absolute atomic E-state index is 0.169. The van der Waals surface area contributed by atoms with Gasteiger partial charge < -0.3 is 9.72 Å². The van der Waals surface area contributed by atoms with Gasteiger partial charge >= 0.3 is 0 Å². The zero-order valence-electron chi connectivity index (χ0n) is 11.6. The van der Waals surface area contributed by atoms with E-state index < -0.39 is 0 Å². The fourth-order valence-corrected chi connectivity index (χ4v) is 2.52. The van der Waals surface area contributed by atoms with Crippen LogP contribution in [0.25, 0.3) is 22.0 Å². The molecule has 0 bridgehead atoms. The Labute approximate surface area is 115 Å². The van der Waals surface area contributed by atoms with Crippen LogP contribution < -0.4 is 10.3 Å². The number of nitrogens with one attached hydrogen (secondary N) is 1. The summed E-state index contributed by atoms with van der Waals surface area (Å²) in [5.41, 5.74) is 2.89. The van der Waals surface area contributed by atoms with Gasteiger partial charge in [-0.15, -0.1) is 0 Å². The summed E-state index contributed by atoms with van der Waals surface area (Å²) in [5.74, 6) is 0.526. The van der Waals surface area contributed by atoms with Gasteiger partial charge in [-0.3, -0.25) is 4.79 Å². The molecule has 0 aliphatic carbocycles. The van der Waals surface area contributed by atoms with Gasteiger partial charge in [0.05, 0.1) is 12.7 Å². The van der Waals surface area contributed by atoms with Crippen LogP contribution in [0.1, 0.15) is 5.69 Å². The molecule has 5 nitrogen and oxygen atoms in total. The molecule has 0 atom stereocenters. The van der Waals surface area contributed by atoms with Crippen LogP contribution in [0.2, 0.25) is 0 Å². The highest BCUT2D eigenvalue weighted by molar-refractivity contribution is 5.96. The second-order valence-corrected chi connectivity index (χ2v) is 4.67. The zero-order chi connectivity index (χ0) is 14.3. The van der Waals surface area contributed by atoms with Crippen molar-refractivity contribution in [2.24, 2.45) is 7.05 Å². The number of rotatable bonds is 2. The molecule has 0 spiro atoms. The van der Waals surface area contributed by atoms with E-state index in [1.54, 1.807) is 14.2 Å². The van der Waals surface area contributed by atoms with E-state index in [2.05, 4.69) is 10.1 Å². The van der Waals surface area contributed by atoms with Crippen LogP contribution in [-0.4, -0.2) is 21.9 Å². The highest BCUT2D eigenvalue weighted by Gasteiger charge is 2.19. The van der Waals surface area contributed by atoms with E-state index in [9.17, 15) is 4.79 Å². The number of methoxy groups -OCH3 is 1. The molecule has 0 amide bonds. The maximum Gasteiger partial charge on any atom is 0.278 e. The van der Waals surface area contributed by atoms with Crippen molar-refractivity contribution in [2.45, 2.75) is 6.92 Å². The van der Waals surface area contributed by atoms with Gasteiger partial charge in [-0.25, -0.2) is 4.68 Å². The Balaban J connectivity index is 2.43. The number of aromatic nitrogens is 3. The number of nitrogens with zero attached hydrogens (tertiary/aromatic N) is 2. The van der Waals surface area contributed by atoms with Gasteiger partial charge in [0.25, 0.3) is 5.56 Å². The van der Waals surface area contributed by atoms with Gasteiger partial charge in [0.1, 0.15) is 5.69 Å². The van der Waals surface area contributed by atoms with Crippen molar-refractivity contribution in [2.75, 3.05) is 7.11 Å². The second-order valence-electron chi connectivity index (χ2n) is 4.67. The summed E-state index contributed by atoms with van der Waals surface area (Å²) in [6.07, 6.45) is 1.84. The lowest BCUT2D eigenvalue weighted by Gasteiger charge is -2.11. The largest absolute Gasteiger partial charge is 0.494 e. The number of ether oxygens (including phenoxy) is 1. The molecule has 5 heteroatoms. The molecule has 0 aliphatic rings. The standard InChI is InChI=1S/C15H15N3O2/c1-9-14(20-3)13(15(19)18(2)17-9)11-8-16-12-7-5-4-6-10(11)12/h4-8,16H,1-3H3. The molecule has 2 aromatic heterocycles. The van der Waals surface area contributed by atoms with Crippen molar-refractivity contribution in [3.05, 3.63) is 46.5 Å². The number of benzene rings is 1. The van der Waals surface area contributed by atoms with Crippen molar-refractivity contribution in [3.8, 4) is 16.9 Å². The summed E-state index contributed by atoms with van der Waals surface area (Å²) in [6.45, 7) is 1.83. The first-order chi connectivity index (χ1) is 9.63. The third-order valence-electron chi connectivity index (χ3n) is 3.43. The van der Waals surface area contributed by atoms with Crippen LogP contribution in [0.4, 0.5) is 0 Å². The molecule has 0 fully saturated rings. The quantitative estimate of drug-likeness (QED) is 0.776. The maximum atomic E-state index is 12.4. The van der Waals surface area contributed by atoms with E-state index in [-0.39, 0.29) is 5.56 Å². The molecular formula is C15H15N3O2. The van der Waals surface area contributed by atoms with Crippen LogP contribution in [-0.2, 0) is 7.05 Å². The lowest BCUT2D eigenvalue weighted by atomic mass is 10.0. The lowest BCUT2D eigenvalue weighted by molar-refractivity contribution is 0.405. The van der Waals surface area contributed by atoms with Crippen molar-refractivity contribution in [3.63, 3.8) is 0 Å². The van der Waals surface area contributed by atoms with Gasteiger partial charge in [0.2, 0.25) is 0 Å². The first-order valence-electron chi connectivity index (χ1n) is 6.32. The molecule has 0 saturated heterocycles. The van der Waals surface area contributed by atoms with Crippen LogP contribution in [0, 0.1) is 6.92 Å². The average molecular weight is 269 g/mol. The van der Waals surface area contributed by atoms with E-state index in [1.165, 1.54) is 4.68 Å². The van der Waals surface area contributed by atoms with Crippen molar-refractivity contribution < 1.29 is 4.74 Å². The number of fused-ring (bicyclic) bond motifs is 1. The summed E-state index contributed by atoms with van der Waals surface area (Å²) < 4.78 is 6.74. The first kappa shape index (κ1) is 12.5. The SMILES string of the molecule is COc1c(C)nn(C)c(=O)c1-c1c[nH]c2ccccc12. The third kappa shape index (κ3) is 1.71. The fourth-order valence-electron chi connectivity index (χ4n) is 2.52. The Morgan fingerprint density at radius 2 is 2.05 bits per heavy atom. The van der Waals surface area contributed by atoms with Gasteiger partial charge in [-0.05, 0) is 13.0 Å². The van der Waals surface area contributed by atoms with Crippen LogP contribution in [0.3, 0.4) is 0 Å². The van der Waals surface area contributed by atoms with E-state index >= 15 is 0 Å². The van der Waals surface area contributed by atoms with Gasteiger partial charge in [-0.1, -0.05) is 18.2 Å². The Kier molecular flexibility index (Phi) is 2.82. The molecule has 3 aromatic rings. The van der Waals surface area contributed by atoms with Gasteiger partial charge in [0, 0.05) is 29.7 Å². The van der Waals surface area contributed by atoms with E-state index in [0.29, 0.717) is 17.0 Å². The molecule has 0 radical (unpaired) electrons. The molecule has 20 heavy (non-hydrogen) atoms. The van der Waals surface area contributed by atoms with Crippen molar-refractivity contribution in [1.29, 1.82) is 0 Å². The van der Waals surface area contributed by atoms with Crippen LogP contribution in [0.5, 0.6) is 5.75 Å². The second kappa shape index (κ2) is 4.52. The first-order valence-corrected chi connectivity index (χ1v) is 6.32. The Morgan fingerprint density at radius 1 is 1.30 bits per heavy atom. The summed E-state index contributed by atoms with van der Waals surface area (Å²) >= 11 is 0. The summed E-state index contributed by atoms with van der Waals surface area (Å²) in [6, 6.07) is 7.86. The van der Waals surface area contributed by atoms with Gasteiger partial charge in [-0.2, -0.15) is 5.10 Å². The third-order valence-corrected chi connectivity index (χ3v) is 3.43. The number of aromatic amines is 1. The highest BCUT2D eigenvalue weighted by atomic mass is 16.5. The summed E-state index contributed by atoms with van der Waals surface area (Å²) in [5, 5.41) is 5.16. The predicted molar refractivity (Wildman–Crippen MR) is 78.1 cm³/mol. The Hall–Kier alpha value is -2.56. The number of hydrogen-bond donors (Lipinski definition) is 1. The zero-order valence-corrected chi connectivity index (χ0v) is 11.6. The maximum absolute atomic E-state index is 12.4.